The van der Waals surface area contributed by atoms with Crippen molar-refractivity contribution in [3.8, 4) is 22.3 Å². The Morgan fingerprint density at radius 3 is 1.18 bits per heavy atom. The summed E-state index contributed by atoms with van der Waals surface area (Å²) >= 11 is -2.88. The summed E-state index contributed by atoms with van der Waals surface area (Å²) in [6, 6.07) is 73.3. The van der Waals surface area contributed by atoms with E-state index >= 15 is 0 Å². The van der Waals surface area contributed by atoms with E-state index in [4.69, 9.17) is 17.2 Å². The Hall–Kier alpha value is -5.18. The molecule has 10 rings (SSSR count). The van der Waals surface area contributed by atoms with Gasteiger partial charge in [0.25, 0.3) is 0 Å². The molecule has 0 saturated carbocycles. The van der Waals surface area contributed by atoms with Crippen LogP contribution in [0.4, 0.5) is 0 Å². The average Bonchev–Trinajstić information content (AvgIpc) is 3.98. The zero-order chi connectivity index (χ0) is 43.4. The maximum Gasteiger partial charge on any atom is -0.172 e. The van der Waals surface area contributed by atoms with Crippen molar-refractivity contribution >= 4 is 63.5 Å². The van der Waals surface area contributed by atoms with Crippen LogP contribution < -0.4 is 0 Å². The topological polar surface area (TPSA) is 0 Å². The fourth-order valence-electron chi connectivity index (χ4n) is 8.62. The van der Waals surface area contributed by atoms with Crippen molar-refractivity contribution in [3.63, 3.8) is 0 Å². The molecule has 0 aliphatic carbocycles. The molecule has 0 spiro atoms. The predicted octanol–water partition coefficient (Wildman–Crippen LogP) is 17.5. The van der Waals surface area contributed by atoms with E-state index in [2.05, 4.69) is 217 Å². The van der Waals surface area contributed by atoms with Crippen LogP contribution in [0, 0.1) is 0 Å². The summed E-state index contributed by atoms with van der Waals surface area (Å²) < 4.78 is 1.16. The van der Waals surface area contributed by atoms with E-state index in [0.29, 0.717) is 0 Å². The van der Waals surface area contributed by atoms with Crippen LogP contribution in [0.25, 0.3) is 65.3 Å². The van der Waals surface area contributed by atoms with Gasteiger partial charge in [0.1, 0.15) is 0 Å². The molecule has 0 unspecified atom stereocenters. The first kappa shape index (κ1) is 43.5. The van der Waals surface area contributed by atoms with Gasteiger partial charge in [-0.1, -0.05) is 114 Å². The molecular formula is C59H52Cl2Hf-2. The van der Waals surface area contributed by atoms with Crippen LogP contribution in [-0.2, 0) is 29.4 Å². The first-order valence-electron chi connectivity index (χ1n) is 21.4. The van der Waals surface area contributed by atoms with Crippen molar-refractivity contribution in [1.29, 1.82) is 0 Å². The van der Waals surface area contributed by atoms with Gasteiger partial charge in [-0.2, -0.15) is 18.2 Å². The minimum atomic E-state index is -2.88. The molecule has 0 aliphatic rings. The molecule has 0 saturated heterocycles. The number of hydrogen-bond donors (Lipinski definition) is 0. The normalized spacial score (nSPS) is 11.5. The summed E-state index contributed by atoms with van der Waals surface area (Å²) in [5, 5.41) is 10.2. The van der Waals surface area contributed by atoms with E-state index < -0.39 is 18.6 Å². The second-order valence-electron chi connectivity index (χ2n) is 18.0. The second-order valence-corrected chi connectivity index (χ2v) is 29.4. The SMILES string of the molecule is CC(C)(C)c1cc2c(cc1-c1ccccc1)[cH-]c1cc(-c3ccccc3)c(C(C)(C)C)cc12.[Cl][Hf]([Cl])=[C](c1cccc2ccccc12)c1cccc2ccccc12.c1cc[cH-]c1. The molecule has 0 atom stereocenters. The summed E-state index contributed by atoms with van der Waals surface area (Å²) in [5.74, 6) is 0. The Kier molecular flexibility index (Phi) is 13.1. The van der Waals surface area contributed by atoms with E-state index in [9.17, 15) is 0 Å². The molecule has 0 N–H and O–H groups in total. The number of rotatable bonds is 4. The van der Waals surface area contributed by atoms with Crippen LogP contribution in [0.3, 0.4) is 0 Å². The standard InChI is InChI=1S/C33H33.C21H14.C5H5.2ClH.Hf/c1-32(2,3)30-20-26-24(18-28(30)22-13-9-7-10-14-22)17-25-19-29(23-15-11-8-12-16-23)31(21-27(25)26)33(4,5)6;1-3-13-20-16(7-1)9-5-11-18(20)15-19-12-6-10-17-8-2-4-14-21(17)19;1-2-4-5-3-1;;;/h7-21H,1-6H3;1-14H;1-5H;2*1H;/q-1;;-1;;;+2/p-2. The van der Waals surface area contributed by atoms with Gasteiger partial charge in [-0.05, 0) is 44.2 Å². The number of fused-ring (bicyclic) bond motifs is 5. The number of benzene rings is 8. The van der Waals surface area contributed by atoms with E-state index in [-0.39, 0.29) is 10.8 Å². The number of halogens is 2. The van der Waals surface area contributed by atoms with Crippen LogP contribution in [0.15, 0.2) is 206 Å². The zero-order valence-electron chi connectivity index (χ0n) is 36.4. The summed E-state index contributed by atoms with van der Waals surface area (Å²) in [6.07, 6.45) is 0. The molecule has 308 valence electrons. The third-order valence-corrected chi connectivity index (χ3v) is 18.0. The Bertz CT molecular complexity index is 2910. The van der Waals surface area contributed by atoms with Gasteiger partial charge in [-0.3, -0.25) is 0 Å². The van der Waals surface area contributed by atoms with Gasteiger partial charge in [0.2, 0.25) is 0 Å². The maximum absolute atomic E-state index is 6.65. The van der Waals surface area contributed by atoms with E-state index in [1.54, 1.807) is 0 Å². The van der Waals surface area contributed by atoms with Gasteiger partial charge >= 0.3 is 157 Å². The monoisotopic (exact) mass is 1010 g/mol. The van der Waals surface area contributed by atoms with Crippen molar-refractivity contribution < 1.29 is 18.6 Å². The van der Waals surface area contributed by atoms with Crippen LogP contribution >= 0.6 is 17.2 Å². The summed E-state index contributed by atoms with van der Waals surface area (Å²) in [5.41, 5.74) is 10.5. The third kappa shape index (κ3) is 9.42. The van der Waals surface area contributed by atoms with Gasteiger partial charge in [-0.15, -0.1) is 39.7 Å². The van der Waals surface area contributed by atoms with Gasteiger partial charge in [0, 0.05) is 0 Å². The first-order valence-corrected chi connectivity index (χ1v) is 32.1. The van der Waals surface area contributed by atoms with Crippen molar-refractivity contribution in [2.45, 2.75) is 52.4 Å². The molecule has 0 aromatic heterocycles. The molecule has 10 aromatic carbocycles. The Morgan fingerprint density at radius 1 is 0.419 bits per heavy atom. The fourth-order valence-corrected chi connectivity index (χ4v) is 15.0. The minimum absolute atomic E-state index is 0.0554. The van der Waals surface area contributed by atoms with Gasteiger partial charge < -0.3 is 0 Å². The van der Waals surface area contributed by atoms with Crippen molar-refractivity contribution in [1.82, 2.24) is 0 Å². The Morgan fingerprint density at radius 2 is 0.806 bits per heavy atom. The minimum Gasteiger partial charge on any atom is -0.214 e. The molecule has 10 aromatic rings. The first-order chi connectivity index (χ1) is 29.9. The largest absolute Gasteiger partial charge is 0.214 e. The summed E-state index contributed by atoms with van der Waals surface area (Å²) in [4.78, 5) is 0. The van der Waals surface area contributed by atoms with Crippen LogP contribution in [0.2, 0.25) is 0 Å². The van der Waals surface area contributed by atoms with Crippen molar-refractivity contribution in [2.24, 2.45) is 0 Å². The molecule has 0 radical (unpaired) electrons. The van der Waals surface area contributed by atoms with Crippen LogP contribution in [-0.4, -0.2) is 3.26 Å². The molecule has 62 heavy (non-hydrogen) atoms. The molecule has 0 nitrogen and oxygen atoms in total. The second kappa shape index (κ2) is 18.7. The van der Waals surface area contributed by atoms with Crippen LogP contribution in [0.1, 0.15) is 63.8 Å². The van der Waals surface area contributed by atoms with Crippen LogP contribution in [0.5, 0.6) is 0 Å². The Balaban J connectivity index is 0.000000159. The molecule has 0 fully saturated rings. The van der Waals surface area contributed by atoms with E-state index in [0.717, 1.165) is 3.26 Å². The van der Waals surface area contributed by atoms with Crippen molar-refractivity contribution in [3.05, 3.63) is 229 Å². The van der Waals surface area contributed by atoms with Gasteiger partial charge in [-0.25, -0.2) is 12.1 Å². The zero-order valence-corrected chi connectivity index (χ0v) is 41.5. The summed E-state index contributed by atoms with van der Waals surface area (Å²) in [7, 11) is 13.3. The van der Waals surface area contributed by atoms with Gasteiger partial charge in [0.15, 0.2) is 0 Å². The number of hydrogen-bond acceptors (Lipinski definition) is 0. The maximum atomic E-state index is 6.65. The molecule has 0 aliphatic heterocycles. The average molecular weight is 1010 g/mol. The van der Waals surface area contributed by atoms with E-state index in [1.165, 1.54) is 87.6 Å². The Labute approximate surface area is 382 Å². The predicted molar refractivity (Wildman–Crippen MR) is 270 cm³/mol. The van der Waals surface area contributed by atoms with Gasteiger partial charge in [0.05, 0.1) is 0 Å². The molecular weight excluding hydrogens is 958 g/mol. The quantitative estimate of drug-likeness (QED) is 0.122. The fraction of sp³-hybridized carbons (Fsp3) is 0.136. The smallest absolute Gasteiger partial charge is 0.172 e. The molecule has 0 heterocycles. The molecule has 3 heteroatoms. The van der Waals surface area contributed by atoms with Crippen molar-refractivity contribution in [2.75, 3.05) is 0 Å². The summed E-state index contributed by atoms with van der Waals surface area (Å²) in [6.45, 7) is 13.9. The molecule has 0 amide bonds. The van der Waals surface area contributed by atoms with E-state index in [1.807, 2.05) is 30.3 Å². The third-order valence-electron chi connectivity index (χ3n) is 11.6. The molecule has 0 bridgehead atoms.